The third-order valence-corrected chi connectivity index (χ3v) is 7.36. The van der Waals surface area contributed by atoms with E-state index in [1.165, 1.54) is 23.5 Å². The van der Waals surface area contributed by atoms with Crippen molar-refractivity contribution in [3.05, 3.63) is 67.5 Å². The van der Waals surface area contributed by atoms with Gasteiger partial charge in [-0.3, -0.25) is 24.6 Å². The average Bonchev–Trinajstić information content (AvgIpc) is 3.12. The highest BCUT2D eigenvalue weighted by Gasteiger charge is 2.27. The topological polar surface area (TPSA) is 95.8 Å². The number of piperazine rings is 1. The van der Waals surface area contributed by atoms with Gasteiger partial charge in [0, 0.05) is 54.1 Å². The number of halogens is 1. The molecule has 0 radical (unpaired) electrons. The van der Waals surface area contributed by atoms with Gasteiger partial charge in [-0.25, -0.2) is 0 Å². The summed E-state index contributed by atoms with van der Waals surface area (Å²) in [5.74, 6) is -0.277. The smallest absolute Gasteiger partial charge is 0.270 e. The number of thiophene rings is 1. The fraction of sp³-hybridized carbons (Fsp3) is 0.304. The zero-order valence-corrected chi connectivity index (χ0v) is 19.8. The molecule has 33 heavy (non-hydrogen) atoms. The molecule has 0 atom stereocenters. The van der Waals surface area contributed by atoms with Gasteiger partial charge in [-0.2, -0.15) is 0 Å². The Morgan fingerprint density at radius 1 is 1.12 bits per heavy atom. The molecule has 1 fully saturated rings. The number of hydrogen-bond acceptors (Lipinski definition) is 6. The zero-order valence-electron chi connectivity index (χ0n) is 18.3. The number of non-ortho nitro benzene ring substituents is 1. The lowest BCUT2D eigenvalue weighted by Crippen LogP contribution is -2.50. The van der Waals surface area contributed by atoms with E-state index in [4.69, 9.17) is 11.6 Å². The number of aryl methyl sites for hydroxylation is 2. The average molecular weight is 487 g/mol. The molecule has 2 heterocycles. The number of carbonyl (C=O) groups is 2. The molecule has 8 nitrogen and oxygen atoms in total. The Morgan fingerprint density at radius 2 is 1.85 bits per heavy atom. The molecule has 4 rings (SSSR count). The van der Waals surface area contributed by atoms with Gasteiger partial charge < -0.3 is 10.2 Å². The van der Waals surface area contributed by atoms with Crippen molar-refractivity contribution in [1.82, 2.24) is 9.80 Å². The molecule has 1 aliphatic heterocycles. The van der Waals surface area contributed by atoms with E-state index < -0.39 is 4.92 Å². The highest BCUT2D eigenvalue weighted by Crippen LogP contribution is 2.38. The second-order valence-electron chi connectivity index (χ2n) is 8.12. The van der Waals surface area contributed by atoms with Gasteiger partial charge in [0.2, 0.25) is 5.91 Å². The molecule has 3 aromatic rings. The molecule has 2 aromatic carbocycles. The van der Waals surface area contributed by atoms with Crippen LogP contribution in [0.4, 0.5) is 11.4 Å². The summed E-state index contributed by atoms with van der Waals surface area (Å²) in [5.41, 5.74) is 2.87. The molecule has 0 spiro atoms. The Balaban J connectivity index is 1.37. The van der Waals surface area contributed by atoms with Gasteiger partial charge >= 0.3 is 0 Å². The Kier molecular flexibility index (Phi) is 6.64. The molecule has 1 aliphatic rings. The van der Waals surface area contributed by atoms with E-state index in [1.54, 1.807) is 11.0 Å². The van der Waals surface area contributed by atoms with Gasteiger partial charge in [0.15, 0.2) is 0 Å². The van der Waals surface area contributed by atoms with Crippen molar-refractivity contribution in [2.45, 2.75) is 13.8 Å². The van der Waals surface area contributed by atoms with E-state index in [-0.39, 0.29) is 24.0 Å². The fourth-order valence-electron chi connectivity index (χ4n) is 3.82. The summed E-state index contributed by atoms with van der Waals surface area (Å²) >= 11 is 7.60. The number of hydrogen-bond donors (Lipinski definition) is 1. The lowest BCUT2D eigenvalue weighted by molar-refractivity contribution is -0.384. The van der Waals surface area contributed by atoms with E-state index in [9.17, 15) is 19.7 Å². The number of benzene rings is 2. The van der Waals surface area contributed by atoms with Gasteiger partial charge in [0.05, 0.1) is 16.5 Å². The number of anilines is 1. The molecule has 2 amide bonds. The minimum absolute atomic E-state index is 0.0350. The third kappa shape index (κ3) is 5.00. The van der Waals surface area contributed by atoms with Crippen LogP contribution in [0.2, 0.25) is 5.02 Å². The summed E-state index contributed by atoms with van der Waals surface area (Å²) in [7, 11) is 0. The molecule has 0 saturated carbocycles. The van der Waals surface area contributed by atoms with E-state index in [2.05, 4.69) is 5.32 Å². The molecule has 0 unspecified atom stereocenters. The van der Waals surface area contributed by atoms with Crippen molar-refractivity contribution in [3.63, 3.8) is 0 Å². The highest BCUT2D eigenvalue weighted by atomic mass is 35.5. The quantitative estimate of drug-likeness (QED) is 0.424. The van der Waals surface area contributed by atoms with Gasteiger partial charge in [-0.1, -0.05) is 23.7 Å². The minimum Gasteiger partial charge on any atom is -0.335 e. The number of nitrogens with one attached hydrogen (secondary N) is 1. The summed E-state index contributed by atoms with van der Waals surface area (Å²) in [6.45, 7) is 6.27. The highest BCUT2D eigenvalue weighted by molar-refractivity contribution is 7.21. The van der Waals surface area contributed by atoms with Crippen LogP contribution in [-0.2, 0) is 4.79 Å². The normalized spacial score (nSPS) is 14.5. The molecule has 0 bridgehead atoms. The third-order valence-electron chi connectivity index (χ3n) is 5.71. The lowest BCUT2D eigenvalue weighted by Gasteiger charge is -2.34. The first kappa shape index (κ1) is 23.2. The van der Waals surface area contributed by atoms with Crippen LogP contribution >= 0.6 is 22.9 Å². The summed E-state index contributed by atoms with van der Waals surface area (Å²) in [4.78, 5) is 40.2. The van der Waals surface area contributed by atoms with E-state index in [1.807, 2.05) is 36.9 Å². The molecular formula is C23H23ClN4O4S. The van der Waals surface area contributed by atoms with E-state index in [0.29, 0.717) is 46.2 Å². The van der Waals surface area contributed by atoms with Crippen LogP contribution in [-0.4, -0.2) is 59.3 Å². The first-order chi connectivity index (χ1) is 15.7. The molecule has 0 aliphatic carbocycles. The summed E-state index contributed by atoms with van der Waals surface area (Å²) in [6.07, 6.45) is 0. The monoisotopic (exact) mass is 486 g/mol. The number of carbonyl (C=O) groups excluding carboxylic acids is 2. The van der Waals surface area contributed by atoms with Gasteiger partial charge in [0.25, 0.3) is 11.6 Å². The number of amides is 2. The van der Waals surface area contributed by atoms with Crippen LogP contribution in [0.1, 0.15) is 20.8 Å². The van der Waals surface area contributed by atoms with Crippen molar-refractivity contribution in [3.8, 4) is 0 Å². The maximum atomic E-state index is 13.1. The van der Waals surface area contributed by atoms with Crippen molar-refractivity contribution in [2.24, 2.45) is 0 Å². The van der Waals surface area contributed by atoms with Gasteiger partial charge in [-0.05, 0) is 37.1 Å². The molecule has 1 saturated heterocycles. The standard InChI is InChI=1S/C23H23ClN4O4S/c1-14-3-4-15(2)18(11-14)25-20(29)13-26-7-9-27(10-8-26)23(30)22-21(24)17-6-5-16(28(31)32)12-19(17)33-22/h3-6,11-12H,7-10,13H2,1-2H3,(H,25,29). The maximum absolute atomic E-state index is 13.1. The Hall–Kier alpha value is -3.01. The van der Waals surface area contributed by atoms with Crippen molar-refractivity contribution < 1.29 is 14.5 Å². The lowest BCUT2D eigenvalue weighted by atomic mass is 10.1. The summed E-state index contributed by atoms with van der Waals surface area (Å²) in [5, 5.41) is 15.0. The fourth-order valence-corrected chi connectivity index (χ4v) is 5.33. The van der Waals surface area contributed by atoms with Crippen LogP contribution in [0.3, 0.4) is 0 Å². The zero-order chi connectivity index (χ0) is 23.7. The first-order valence-corrected chi connectivity index (χ1v) is 11.7. The van der Waals surface area contributed by atoms with Crippen LogP contribution < -0.4 is 5.32 Å². The number of nitro groups is 1. The number of nitrogens with zero attached hydrogens (tertiary/aromatic N) is 3. The maximum Gasteiger partial charge on any atom is 0.270 e. The second kappa shape index (κ2) is 9.46. The van der Waals surface area contributed by atoms with Crippen LogP contribution in [0.25, 0.3) is 10.1 Å². The molecular weight excluding hydrogens is 464 g/mol. The molecule has 1 aromatic heterocycles. The van der Waals surface area contributed by atoms with Crippen LogP contribution in [0.15, 0.2) is 36.4 Å². The predicted octanol–water partition coefficient (Wildman–Crippen LogP) is 4.48. The van der Waals surface area contributed by atoms with Crippen LogP contribution in [0.5, 0.6) is 0 Å². The first-order valence-electron chi connectivity index (χ1n) is 10.5. The molecule has 172 valence electrons. The second-order valence-corrected chi connectivity index (χ2v) is 9.55. The Morgan fingerprint density at radius 3 is 2.55 bits per heavy atom. The minimum atomic E-state index is -0.468. The largest absolute Gasteiger partial charge is 0.335 e. The van der Waals surface area contributed by atoms with E-state index in [0.717, 1.165) is 16.8 Å². The SMILES string of the molecule is Cc1ccc(C)c(NC(=O)CN2CCN(C(=O)c3sc4cc([N+](=O)[O-])ccc4c3Cl)CC2)c1. The molecule has 1 N–H and O–H groups in total. The van der Waals surface area contributed by atoms with Gasteiger partial charge in [-0.15, -0.1) is 11.3 Å². The Labute approximate surface area is 199 Å². The Bertz CT molecular complexity index is 1250. The molecule has 10 heteroatoms. The van der Waals surface area contributed by atoms with Crippen molar-refractivity contribution >= 4 is 56.2 Å². The summed E-state index contributed by atoms with van der Waals surface area (Å²) < 4.78 is 0.610. The van der Waals surface area contributed by atoms with Crippen molar-refractivity contribution in [1.29, 1.82) is 0 Å². The predicted molar refractivity (Wildman–Crippen MR) is 130 cm³/mol. The number of nitro benzene ring substituents is 1. The number of rotatable bonds is 5. The summed E-state index contributed by atoms with van der Waals surface area (Å²) in [6, 6.07) is 10.3. The number of fused-ring (bicyclic) bond motifs is 1. The van der Waals surface area contributed by atoms with Gasteiger partial charge in [0.1, 0.15) is 4.88 Å². The van der Waals surface area contributed by atoms with Crippen molar-refractivity contribution in [2.75, 3.05) is 38.0 Å². The van der Waals surface area contributed by atoms with Crippen LogP contribution in [0, 0.1) is 24.0 Å². The van der Waals surface area contributed by atoms with E-state index >= 15 is 0 Å².